The van der Waals surface area contributed by atoms with Crippen LogP contribution in [0.5, 0.6) is 0 Å². The first-order valence-electron chi connectivity index (χ1n) is 29.2. The van der Waals surface area contributed by atoms with Gasteiger partial charge in [0.1, 0.15) is 13.2 Å². The lowest BCUT2D eigenvalue weighted by Gasteiger charge is -2.26. The summed E-state index contributed by atoms with van der Waals surface area (Å²) >= 11 is 0. The average Bonchev–Trinajstić information content (AvgIpc) is 3.29. The van der Waals surface area contributed by atoms with E-state index >= 15 is 0 Å². The Morgan fingerprint density at radius 2 is 0.672 bits per heavy atom. The molecule has 0 aliphatic rings. The minimum Gasteiger partial charge on any atom is -0.545 e. The number of carbonyl (C=O) groups excluding carboxylic acids is 3. The van der Waals surface area contributed by atoms with Crippen molar-refractivity contribution < 1.29 is 42.9 Å². The third kappa shape index (κ3) is 52.0. The maximum Gasteiger partial charge on any atom is 0.306 e. The molecule has 398 valence electrons. The lowest BCUT2D eigenvalue weighted by atomic mass is 10.0. The SMILES string of the molecule is CCCCCCCCCCCCCCCCCCCCCCCCCCCCCC(=O)OC(COC(=O)CCCCCCCCCCCCCCCCC)COC(OCC[N+](C)(C)C)C(=O)[O-]. The highest BCUT2D eigenvalue weighted by Crippen LogP contribution is 2.18. The molecule has 0 aromatic heterocycles. The number of unbranched alkanes of at least 4 members (excludes halogenated alkanes) is 40. The lowest BCUT2D eigenvalue weighted by Crippen LogP contribution is -2.44. The Morgan fingerprint density at radius 3 is 0.955 bits per heavy atom. The third-order valence-electron chi connectivity index (χ3n) is 13.4. The third-order valence-corrected chi connectivity index (χ3v) is 13.4. The number of carbonyl (C=O) groups is 3. The van der Waals surface area contributed by atoms with Gasteiger partial charge in [0.05, 0.1) is 40.3 Å². The van der Waals surface area contributed by atoms with Crippen LogP contribution < -0.4 is 5.11 Å². The molecule has 0 aliphatic carbocycles. The number of quaternary nitrogens is 1. The summed E-state index contributed by atoms with van der Waals surface area (Å²) < 4.78 is 22.7. The Morgan fingerprint density at radius 1 is 0.388 bits per heavy atom. The Kier molecular flexibility index (Phi) is 49.4. The normalized spacial score (nSPS) is 12.7. The number of likely N-dealkylation sites (N-methyl/N-ethyl adjacent to an activating group) is 1. The zero-order valence-electron chi connectivity index (χ0n) is 45.3. The minimum atomic E-state index is -1.61. The van der Waals surface area contributed by atoms with Gasteiger partial charge in [-0.25, -0.2) is 0 Å². The van der Waals surface area contributed by atoms with Crippen LogP contribution in [0.25, 0.3) is 0 Å². The number of rotatable bonds is 55. The molecule has 2 atom stereocenters. The highest BCUT2D eigenvalue weighted by molar-refractivity contribution is 5.70. The van der Waals surface area contributed by atoms with Crippen LogP contribution in [0.1, 0.15) is 296 Å². The predicted molar refractivity (Wildman–Crippen MR) is 279 cm³/mol. The molecule has 0 rings (SSSR count). The van der Waals surface area contributed by atoms with Gasteiger partial charge in [-0.15, -0.1) is 0 Å². The molecule has 9 heteroatoms. The van der Waals surface area contributed by atoms with E-state index in [0.717, 1.165) is 38.5 Å². The predicted octanol–water partition coefficient (Wildman–Crippen LogP) is 15.5. The van der Waals surface area contributed by atoms with Crippen molar-refractivity contribution >= 4 is 17.9 Å². The minimum absolute atomic E-state index is 0.153. The summed E-state index contributed by atoms with van der Waals surface area (Å²) in [5.74, 6) is -2.25. The summed E-state index contributed by atoms with van der Waals surface area (Å²) in [5, 5.41) is 11.8. The second kappa shape index (κ2) is 50.7. The van der Waals surface area contributed by atoms with E-state index in [1.54, 1.807) is 0 Å². The number of ether oxygens (including phenoxy) is 4. The molecule has 2 unspecified atom stereocenters. The Balaban J connectivity index is 4.12. The van der Waals surface area contributed by atoms with Crippen molar-refractivity contribution in [2.45, 2.75) is 309 Å². The number of carboxylic acids is 1. The number of aliphatic carboxylic acids is 1. The first-order valence-corrected chi connectivity index (χ1v) is 29.2. The highest BCUT2D eigenvalue weighted by atomic mass is 16.7. The van der Waals surface area contributed by atoms with Crippen LogP contribution in [-0.4, -0.2) is 82.3 Å². The van der Waals surface area contributed by atoms with Crippen molar-refractivity contribution in [2.75, 3.05) is 47.5 Å². The summed E-state index contributed by atoms with van der Waals surface area (Å²) in [6.45, 7) is 4.81. The van der Waals surface area contributed by atoms with Crippen LogP contribution in [0.15, 0.2) is 0 Å². The van der Waals surface area contributed by atoms with E-state index in [1.807, 2.05) is 21.1 Å². The summed E-state index contributed by atoms with van der Waals surface area (Å²) in [6, 6.07) is 0. The number of hydrogen-bond acceptors (Lipinski definition) is 8. The highest BCUT2D eigenvalue weighted by Gasteiger charge is 2.22. The molecule has 0 fully saturated rings. The molecule has 9 nitrogen and oxygen atoms in total. The van der Waals surface area contributed by atoms with Crippen LogP contribution in [0.3, 0.4) is 0 Å². The second-order valence-corrected chi connectivity index (χ2v) is 21.3. The van der Waals surface area contributed by atoms with Crippen molar-refractivity contribution in [2.24, 2.45) is 0 Å². The fourth-order valence-electron chi connectivity index (χ4n) is 8.83. The fourth-order valence-corrected chi connectivity index (χ4v) is 8.83. The molecule has 0 heterocycles. The molecule has 0 saturated carbocycles. The summed E-state index contributed by atoms with van der Waals surface area (Å²) in [4.78, 5) is 37.2. The summed E-state index contributed by atoms with van der Waals surface area (Å²) in [5.41, 5.74) is 0. The molecular formula is C58H113NO8. The van der Waals surface area contributed by atoms with Crippen LogP contribution >= 0.6 is 0 Å². The van der Waals surface area contributed by atoms with Gasteiger partial charge in [-0.05, 0) is 12.8 Å². The Bertz CT molecular complexity index is 1060. The van der Waals surface area contributed by atoms with E-state index in [9.17, 15) is 19.5 Å². The standard InChI is InChI=1S/C58H113NO8/c1-6-8-10-12-14-16-18-20-22-23-24-25-26-27-28-29-30-31-32-33-35-37-39-41-43-45-47-49-56(61)67-54(53-66-58(57(62)63)64-51-50-59(3,4)5)52-65-55(60)48-46-44-42-40-38-36-34-21-19-17-15-13-11-9-7-2/h54,58H,6-53H2,1-5H3. The lowest BCUT2D eigenvalue weighted by molar-refractivity contribution is -0.870. The van der Waals surface area contributed by atoms with Crippen molar-refractivity contribution in [3.63, 3.8) is 0 Å². The van der Waals surface area contributed by atoms with Gasteiger partial charge in [-0.3, -0.25) is 9.59 Å². The van der Waals surface area contributed by atoms with Gasteiger partial charge in [0, 0.05) is 12.8 Å². The molecular weight excluding hydrogens is 839 g/mol. The van der Waals surface area contributed by atoms with Gasteiger partial charge in [0.25, 0.3) is 0 Å². The number of esters is 2. The maximum absolute atomic E-state index is 12.8. The number of hydrogen-bond donors (Lipinski definition) is 0. The number of nitrogens with zero attached hydrogens (tertiary/aromatic N) is 1. The summed E-state index contributed by atoms with van der Waals surface area (Å²) in [6.07, 6.45) is 53.0. The van der Waals surface area contributed by atoms with Gasteiger partial charge in [0.2, 0.25) is 0 Å². The van der Waals surface area contributed by atoms with E-state index in [0.29, 0.717) is 17.4 Å². The molecule has 0 aliphatic heterocycles. The zero-order valence-corrected chi connectivity index (χ0v) is 45.3. The molecule has 0 N–H and O–H groups in total. The Labute approximate surface area is 415 Å². The molecule has 0 aromatic rings. The molecule has 0 saturated heterocycles. The maximum atomic E-state index is 12.8. The van der Waals surface area contributed by atoms with Gasteiger partial charge in [-0.1, -0.05) is 271 Å². The van der Waals surface area contributed by atoms with Crippen LogP contribution in [-0.2, 0) is 33.3 Å². The van der Waals surface area contributed by atoms with E-state index in [2.05, 4.69) is 13.8 Å². The fraction of sp³-hybridized carbons (Fsp3) is 0.948. The Hall–Kier alpha value is -1.71. The average molecular weight is 953 g/mol. The second-order valence-electron chi connectivity index (χ2n) is 21.3. The molecule has 0 spiro atoms. The van der Waals surface area contributed by atoms with Crippen molar-refractivity contribution in [3.05, 3.63) is 0 Å². The van der Waals surface area contributed by atoms with Crippen LogP contribution in [0.2, 0.25) is 0 Å². The van der Waals surface area contributed by atoms with E-state index < -0.39 is 24.3 Å². The van der Waals surface area contributed by atoms with E-state index in [4.69, 9.17) is 18.9 Å². The molecule has 67 heavy (non-hydrogen) atoms. The molecule has 0 aromatic carbocycles. The largest absolute Gasteiger partial charge is 0.545 e. The van der Waals surface area contributed by atoms with E-state index in [-0.39, 0.29) is 32.2 Å². The van der Waals surface area contributed by atoms with Gasteiger partial charge < -0.3 is 33.3 Å². The smallest absolute Gasteiger partial charge is 0.306 e. The quantitative estimate of drug-likeness (QED) is 0.0256. The van der Waals surface area contributed by atoms with Crippen molar-refractivity contribution in [3.8, 4) is 0 Å². The van der Waals surface area contributed by atoms with E-state index in [1.165, 1.54) is 231 Å². The van der Waals surface area contributed by atoms with Gasteiger partial charge in [-0.2, -0.15) is 0 Å². The summed E-state index contributed by atoms with van der Waals surface area (Å²) in [7, 11) is 5.93. The topological polar surface area (TPSA) is 111 Å². The molecule has 0 amide bonds. The van der Waals surface area contributed by atoms with Gasteiger partial charge in [0.15, 0.2) is 12.4 Å². The first-order chi connectivity index (χ1) is 32.6. The molecule has 0 bridgehead atoms. The van der Waals surface area contributed by atoms with Crippen molar-refractivity contribution in [1.82, 2.24) is 0 Å². The molecule has 0 radical (unpaired) electrons. The van der Waals surface area contributed by atoms with Gasteiger partial charge >= 0.3 is 11.9 Å². The monoisotopic (exact) mass is 952 g/mol. The first kappa shape index (κ1) is 65.3. The van der Waals surface area contributed by atoms with Crippen molar-refractivity contribution in [1.29, 1.82) is 0 Å². The van der Waals surface area contributed by atoms with Crippen LogP contribution in [0, 0.1) is 0 Å². The van der Waals surface area contributed by atoms with Crippen LogP contribution in [0.4, 0.5) is 0 Å². The number of carboxylic acid groups (broad SMARTS) is 1. The zero-order chi connectivity index (χ0) is 49.2.